The van der Waals surface area contributed by atoms with Gasteiger partial charge in [0.05, 0.1) is 5.56 Å². The number of carbonyl (C=O) groups is 2. The minimum Gasteiger partial charge on any atom is -0.444 e. The minimum absolute atomic E-state index is 0.0756. The van der Waals surface area contributed by atoms with Crippen molar-refractivity contribution in [2.75, 3.05) is 13.1 Å². The van der Waals surface area contributed by atoms with Gasteiger partial charge in [-0.05, 0) is 40.7 Å². The lowest BCUT2D eigenvalue weighted by molar-refractivity contribution is -0.0115. The van der Waals surface area contributed by atoms with Gasteiger partial charge in [-0.1, -0.05) is 0 Å². The molecule has 24 heavy (non-hydrogen) atoms. The quantitative estimate of drug-likeness (QED) is 0.906. The fourth-order valence-electron chi connectivity index (χ4n) is 2.79. The van der Waals surface area contributed by atoms with Crippen LogP contribution >= 0.6 is 11.3 Å². The number of thiophene rings is 1. The Bertz CT molecular complexity index is 608. The van der Waals surface area contributed by atoms with Crippen LogP contribution in [0, 0.1) is 0 Å². The Kier molecular flexibility index (Phi) is 5.55. The monoisotopic (exact) mass is 353 g/mol. The van der Waals surface area contributed by atoms with Crippen LogP contribution in [-0.2, 0) is 11.3 Å². The lowest BCUT2D eigenvalue weighted by atomic mass is 10.1. The van der Waals surface area contributed by atoms with Gasteiger partial charge in [0.1, 0.15) is 5.60 Å². The molecule has 0 aliphatic carbocycles. The number of piperazine rings is 1. The molecule has 134 valence electrons. The molecule has 1 saturated heterocycles. The van der Waals surface area contributed by atoms with Gasteiger partial charge in [-0.25, -0.2) is 4.79 Å². The van der Waals surface area contributed by atoms with Crippen LogP contribution in [0.15, 0.2) is 11.4 Å². The molecule has 1 fully saturated rings. The molecule has 2 rings (SSSR count). The van der Waals surface area contributed by atoms with Gasteiger partial charge in [-0.2, -0.15) is 0 Å². The molecule has 0 saturated carbocycles. The highest BCUT2D eigenvalue weighted by Crippen LogP contribution is 2.23. The zero-order chi connectivity index (χ0) is 18.1. The molecule has 6 nitrogen and oxygen atoms in total. The maximum atomic E-state index is 12.3. The van der Waals surface area contributed by atoms with Crippen molar-refractivity contribution in [2.24, 2.45) is 5.73 Å². The molecule has 7 heteroatoms. The normalized spacial score (nSPS) is 22.5. The second kappa shape index (κ2) is 7.11. The first kappa shape index (κ1) is 18.7. The van der Waals surface area contributed by atoms with E-state index in [9.17, 15) is 9.59 Å². The van der Waals surface area contributed by atoms with Gasteiger partial charge in [-0.15, -0.1) is 11.3 Å². The third-order valence-corrected chi connectivity index (χ3v) is 4.96. The Morgan fingerprint density at radius 2 is 1.96 bits per heavy atom. The predicted octanol–water partition coefficient (Wildman–Crippen LogP) is 2.68. The van der Waals surface area contributed by atoms with Crippen molar-refractivity contribution in [3.63, 3.8) is 0 Å². The van der Waals surface area contributed by atoms with Crippen LogP contribution in [0.2, 0.25) is 0 Å². The number of amides is 2. The van der Waals surface area contributed by atoms with E-state index in [4.69, 9.17) is 10.5 Å². The molecule has 1 aliphatic heterocycles. The third kappa shape index (κ3) is 4.70. The van der Waals surface area contributed by atoms with Crippen LogP contribution in [-0.4, -0.2) is 52.6 Å². The molecule has 1 aromatic heterocycles. The van der Waals surface area contributed by atoms with Gasteiger partial charge in [-0.3, -0.25) is 9.69 Å². The first-order chi connectivity index (χ1) is 11.1. The van der Waals surface area contributed by atoms with E-state index in [1.54, 1.807) is 21.6 Å². The fraction of sp³-hybridized carbons (Fsp3) is 0.647. The smallest absolute Gasteiger partial charge is 0.410 e. The summed E-state index contributed by atoms with van der Waals surface area (Å²) in [6.45, 7) is 11.9. The molecule has 0 bridgehead atoms. The van der Waals surface area contributed by atoms with Crippen LogP contribution in [0.5, 0.6) is 0 Å². The van der Waals surface area contributed by atoms with Gasteiger partial charge in [0.2, 0.25) is 5.91 Å². The first-order valence-electron chi connectivity index (χ1n) is 8.17. The van der Waals surface area contributed by atoms with Crippen LogP contribution in [0.1, 0.15) is 49.9 Å². The van der Waals surface area contributed by atoms with E-state index in [1.807, 2.05) is 33.8 Å². The number of nitrogens with zero attached hydrogens (tertiary/aromatic N) is 2. The molecule has 2 unspecified atom stereocenters. The molecule has 2 heterocycles. The standard InChI is InChI=1S/C17H27N3O3S/c1-11-8-20(16(22)23-17(3,4)5)12(2)7-19(11)9-14-6-13(10-24-14)15(18)21/h6,10-12H,7-9H2,1-5H3,(H2,18,21). The maximum Gasteiger partial charge on any atom is 0.410 e. The summed E-state index contributed by atoms with van der Waals surface area (Å²) in [6, 6.07) is 2.14. The van der Waals surface area contributed by atoms with Crippen molar-refractivity contribution in [3.05, 3.63) is 21.9 Å². The Labute approximate surface area is 147 Å². The average Bonchev–Trinajstić information content (AvgIpc) is 2.89. The minimum atomic E-state index is -0.487. The molecule has 0 radical (unpaired) electrons. The third-order valence-electron chi connectivity index (χ3n) is 4.04. The van der Waals surface area contributed by atoms with Gasteiger partial charge >= 0.3 is 6.09 Å². The summed E-state index contributed by atoms with van der Waals surface area (Å²) in [5.74, 6) is -0.395. The lowest BCUT2D eigenvalue weighted by Crippen LogP contribution is -2.58. The number of ether oxygens (including phenoxy) is 1. The summed E-state index contributed by atoms with van der Waals surface area (Å²) in [5, 5.41) is 1.79. The fourth-order valence-corrected chi connectivity index (χ4v) is 3.68. The number of primary amides is 1. The van der Waals surface area contributed by atoms with Crippen molar-refractivity contribution in [1.82, 2.24) is 9.80 Å². The lowest BCUT2D eigenvalue weighted by Gasteiger charge is -2.44. The Hall–Kier alpha value is -1.60. The zero-order valence-corrected chi connectivity index (χ0v) is 15.9. The van der Waals surface area contributed by atoms with E-state index in [2.05, 4.69) is 11.8 Å². The van der Waals surface area contributed by atoms with Crippen molar-refractivity contribution in [1.29, 1.82) is 0 Å². The maximum absolute atomic E-state index is 12.3. The summed E-state index contributed by atoms with van der Waals surface area (Å²) >= 11 is 1.54. The molecule has 2 N–H and O–H groups in total. The van der Waals surface area contributed by atoms with E-state index < -0.39 is 11.5 Å². The Balaban J connectivity index is 1.99. The van der Waals surface area contributed by atoms with E-state index in [0.717, 1.165) is 18.0 Å². The Morgan fingerprint density at radius 3 is 2.50 bits per heavy atom. The summed E-state index contributed by atoms with van der Waals surface area (Å²) in [5.41, 5.74) is 5.38. The van der Waals surface area contributed by atoms with E-state index in [-0.39, 0.29) is 18.2 Å². The summed E-state index contributed by atoms with van der Waals surface area (Å²) < 4.78 is 5.50. The second-order valence-corrected chi connectivity index (χ2v) is 8.42. The Morgan fingerprint density at radius 1 is 1.29 bits per heavy atom. The summed E-state index contributed by atoms with van der Waals surface area (Å²) in [6.07, 6.45) is -0.256. The molecule has 1 aromatic rings. The van der Waals surface area contributed by atoms with Gasteiger partial charge in [0, 0.05) is 42.0 Å². The van der Waals surface area contributed by atoms with Gasteiger partial charge < -0.3 is 15.4 Å². The largest absolute Gasteiger partial charge is 0.444 e. The van der Waals surface area contributed by atoms with Crippen molar-refractivity contribution in [3.8, 4) is 0 Å². The van der Waals surface area contributed by atoms with Crippen LogP contribution in [0.25, 0.3) is 0 Å². The highest BCUT2D eigenvalue weighted by atomic mass is 32.1. The van der Waals surface area contributed by atoms with E-state index >= 15 is 0 Å². The molecule has 0 aromatic carbocycles. The molecule has 1 aliphatic rings. The number of nitrogens with two attached hydrogens (primary N) is 1. The molecule has 2 amide bonds. The number of carbonyl (C=O) groups excluding carboxylic acids is 2. The molecular weight excluding hydrogens is 326 g/mol. The second-order valence-electron chi connectivity index (χ2n) is 7.43. The van der Waals surface area contributed by atoms with Crippen molar-refractivity contribution >= 4 is 23.3 Å². The number of rotatable bonds is 3. The predicted molar refractivity (Wildman–Crippen MR) is 95.1 cm³/mol. The van der Waals surface area contributed by atoms with Crippen LogP contribution < -0.4 is 5.73 Å². The molecular formula is C17H27N3O3S. The highest BCUT2D eigenvalue weighted by Gasteiger charge is 2.34. The van der Waals surface area contributed by atoms with Crippen molar-refractivity contribution < 1.29 is 14.3 Å². The molecule has 0 spiro atoms. The van der Waals surface area contributed by atoms with Crippen LogP contribution in [0.3, 0.4) is 0 Å². The SMILES string of the molecule is CC1CN(C(=O)OC(C)(C)C)C(C)CN1Cc1cc(C(N)=O)cs1. The first-order valence-corrected chi connectivity index (χ1v) is 9.05. The van der Waals surface area contributed by atoms with E-state index in [1.165, 1.54) is 0 Å². The highest BCUT2D eigenvalue weighted by molar-refractivity contribution is 7.10. The average molecular weight is 353 g/mol. The summed E-state index contributed by atoms with van der Waals surface area (Å²) in [4.78, 5) is 28.8. The van der Waals surface area contributed by atoms with Gasteiger partial charge in [0.15, 0.2) is 0 Å². The zero-order valence-electron chi connectivity index (χ0n) is 15.0. The summed E-state index contributed by atoms with van der Waals surface area (Å²) in [7, 11) is 0. The van der Waals surface area contributed by atoms with Crippen LogP contribution in [0.4, 0.5) is 4.79 Å². The molecule has 2 atom stereocenters. The number of hydrogen-bond donors (Lipinski definition) is 1. The number of hydrogen-bond acceptors (Lipinski definition) is 5. The van der Waals surface area contributed by atoms with Crippen molar-refractivity contribution in [2.45, 2.75) is 58.8 Å². The topological polar surface area (TPSA) is 75.9 Å². The van der Waals surface area contributed by atoms with Gasteiger partial charge in [0.25, 0.3) is 0 Å². The van der Waals surface area contributed by atoms with E-state index in [0.29, 0.717) is 12.1 Å².